The summed E-state index contributed by atoms with van der Waals surface area (Å²) in [7, 11) is 0. The van der Waals surface area contributed by atoms with Crippen LogP contribution in [0.2, 0.25) is 0 Å². The second kappa shape index (κ2) is 8.36. The highest BCUT2D eigenvalue weighted by atomic mass is 32.2. The van der Waals surface area contributed by atoms with Crippen LogP contribution in [0.5, 0.6) is 0 Å². The largest absolute Gasteiger partial charge is 0.374 e. The van der Waals surface area contributed by atoms with Gasteiger partial charge < -0.3 is 15.0 Å². The molecule has 1 aliphatic heterocycles. The van der Waals surface area contributed by atoms with Crippen LogP contribution in [-0.4, -0.2) is 43.0 Å². The van der Waals surface area contributed by atoms with E-state index in [0.717, 1.165) is 16.1 Å². The minimum absolute atomic E-state index is 0.0798. The molecule has 2 aromatic carbocycles. The topological polar surface area (TPSA) is 41.6 Å². The lowest BCUT2D eigenvalue weighted by atomic mass is 10.1. The molecule has 0 saturated carbocycles. The summed E-state index contributed by atoms with van der Waals surface area (Å²) in [5.41, 5.74) is 1.78. The predicted molar refractivity (Wildman–Crippen MR) is 98.7 cm³/mol. The lowest BCUT2D eigenvalue weighted by Crippen LogP contribution is -2.48. The summed E-state index contributed by atoms with van der Waals surface area (Å²) in [6.45, 7) is 1.59. The molecule has 2 amide bonds. The van der Waals surface area contributed by atoms with E-state index < -0.39 is 0 Å². The molecule has 0 unspecified atom stereocenters. The Morgan fingerprint density at radius 2 is 1.96 bits per heavy atom. The summed E-state index contributed by atoms with van der Waals surface area (Å²) in [6, 6.07) is 14.1. The van der Waals surface area contributed by atoms with Gasteiger partial charge in [-0.25, -0.2) is 9.18 Å². The van der Waals surface area contributed by atoms with E-state index in [9.17, 15) is 9.18 Å². The maximum atomic E-state index is 13.0. The highest BCUT2D eigenvalue weighted by molar-refractivity contribution is 7.98. The minimum atomic E-state index is -0.248. The average Bonchev–Trinajstić information content (AvgIpc) is 2.64. The van der Waals surface area contributed by atoms with E-state index >= 15 is 0 Å². The number of halogens is 1. The van der Waals surface area contributed by atoms with Crippen molar-refractivity contribution >= 4 is 23.5 Å². The van der Waals surface area contributed by atoms with Crippen molar-refractivity contribution in [2.75, 3.05) is 31.3 Å². The first-order valence-corrected chi connectivity index (χ1v) is 9.42. The SMILES string of the molecule is CSc1ccc(NC(=O)N2CCO[C@@H](Cc3ccc(F)cc3)C2)cc1. The van der Waals surface area contributed by atoms with Crippen molar-refractivity contribution in [3.8, 4) is 0 Å². The van der Waals surface area contributed by atoms with Crippen LogP contribution in [-0.2, 0) is 11.2 Å². The standard InChI is InChI=1S/C19H21FN2O2S/c1-25-18-8-6-16(7-9-18)21-19(23)22-10-11-24-17(13-22)12-14-2-4-15(20)5-3-14/h2-9,17H,10-13H2,1H3,(H,21,23)/t17-/m0/s1. The molecule has 3 rings (SSSR count). The van der Waals surface area contributed by atoms with Gasteiger partial charge in [0.1, 0.15) is 5.82 Å². The Hall–Kier alpha value is -2.05. The van der Waals surface area contributed by atoms with E-state index in [2.05, 4.69) is 5.32 Å². The summed E-state index contributed by atoms with van der Waals surface area (Å²) in [6.07, 6.45) is 2.60. The Balaban J connectivity index is 1.56. The number of anilines is 1. The second-order valence-corrected chi connectivity index (χ2v) is 6.81. The van der Waals surface area contributed by atoms with E-state index in [1.807, 2.05) is 30.5 Å². The number of carbonyl (C=O) groups is 1. The number of nitrogens with one attached hydrogen (secondary N) is 1. The van der Waals surface area contributed by atoms with E-state index in [4.69, 9.17) is 4.74 Å². The molecule has 0 spiro atoms. The van der Waals surface area contributed by atoms with E-state index in [-0.39, 0.29) is 18.0 Å². The van der Waals surface area contributed by atoms with E-state index in [0.29, 0.717) is 26.1 Å². The van der Waals surface area contributed by atoms with Crippen molar-refractivity contribution in [1.29, 1.82) is 0 Å². The zero-order valence-electron chi connectivity index (χ0n) is 14.1. The van der Waals surface area contributed by atoms with Gasteiger partial charge in [0.25, 0.3) is 0 Å². The van der Waals surface area contributed by atoms with Gasteiger partial charge in [-0.3, -0.25) is 0 Å². The van der Waals surface area contributed by atoms with Crippen LogP contribution < -0.4 is 5.32 Å². The molecule has 1 fully saturated rings. The minimum Gasteiger partial charge on any atom is -0.374 e. The zero-order chi connectivity index (χ0) is 17.6. The zero-order valence-corrected chi connectivity index (χ0v) is 14.9. The summed E-state index contributed by atoms with van der Waals surface area (Å²) >= 11 is 1.66. The van der Waals surface area contributed by atoms with Gasteiger partial charge in [-0.1, -0.05) is 12.1 Å². The van der Waals surface area contributed by atoms with Crippen LogP contribution in [0.4, 0.5) is 14.9 Å². The van der Waals surface area contributed by atoms with Crippen LogP contribution >= 0.6 is 11.8 Å². The van der Waals surface area contributed by atoms with Gasteiger partial charge in [-0.05, 0) is 48.2 Å². The second-order valence-electron chi connectivity index (χ2n) is 5.93. The van der Waals surface area contributed by atoms with Crippen LogP contribution in [0.25, 0.3) is 0 Å². The van der Waals surface area contributed by atoms with Crippen LogP contribution in [0.1, 0.15) is 5.56 Å². The molecule has 6 heteroatoms. The van der Waals surface area contributed by atoms with Crippen LogP contribution in [0.15, 0.2) is 53.4 Å². The van der Waals surface area contributed by atoms with Gasteiger partial charge in [0, 0.05) is 30.1 Å². The Morgan fingerprint density at radius 3 is 2.64 bits per heavy atom. The summed E-state index contributed by atoms with van der Waals surface area (Å²) in [5, 5.41) is 2.93. The lowest BCUT2D eigenvalue weighted by molar-refractivity contribution is -0.0113. The Morgan fingerprint density at radius 1 is 1.24 bits per heavy atom. The molecule has 2 aromatic rings. The highest BCUT2D eigenvalue weighted by Gasteiger charge is 2.24. The normalized spacial score (nSPS) is 17.4. The average molecular weight is 360 g/mol. The molecule has 0 radical (unpaired) electrons. The van der Waals surface area contributed by atoms with E-state index in [1.165, 1.54) is 12.1 Å². The molecule has 1 heterocycles. The van der Waals surface area contributed by atoms with Crippen molar-refractivity contribution in [3.05, 3.63) is 59.9 Å². The number of benzene rings is 2. The third-order valence-electron chi connectivity index (χ3n) is 4.14. The molecule has 1 saturated heterocycles. The smallest absolute Gasteiger partial charge is 0.322 e. The van der Waals surface area contributed by atoms with Gasteiger partial charge in [-0.2, -0.15) is 0 Å². The number of thioether (sulfide) groups is 1. The fraction of sp³-hybridized carbons (Fsp3) is 0.316. The maximum absolute atomic E-state index is 13.0. The van der Waals surface area contributed by atoms with Gasteiger partial charge in [0.2, 0.25) is 0 Å². The molecule has 0 bridgehead atoms. The number of rotatable bonds is 4. The Labute approximate surface area is 151 Å². The first-order chi connectivity index (χ1) is 12.1. The lowest BCUT2D eigenvalue weighted by Gasteiger charge is -2.33. The van der Waals surface area contributed by atoms with Crippen molar-refractivity contribution in [2.45, 2.75) is 17.4 Å². The monoisotopic (exact) mass is 360 g/mol. The van der Waals surface area contributed by atoms with Crippen molar-refractivity contribution in [1.82, 2.24) is 4.90 Å². The summed E-state index contributed by atoms with van der Waals surface area (Å²) in [5.74, 6) is -0.248. The number of urea groups is 1. The molecular weight excluding hydrogens is 339 g/mol. The molecule has 4 nitrogen and oxygen atoms in total. The van der Waals surface area contributed by atoms with Crippen molar-refractivity contribution in [3.63, 3.8) is 0 Å². The van der Waals surface area contributed by atoms with E-state index in [1.54, 1.807) is 28.8 Å². The maximum Gasteiger partial charge on any atom is 0.322 e. The quantitative estimate of drug-likeness (QED) is 0.837. The van der Waals surface area contributed by atoms with Gasteiger partial charge in [0.05, 0.1) is 12.7 Å². The number of ether oxygens (including phenoxy) is 1. The molecule has 0 aromatic heterocycles. The number of carbonyl (C=O) groups excluding carboxylic acids is 1. The molecule has 132 valence electrons. The van der Waals surface area contributed by atoms with Crippen LogP contribution in [0, 0.1) is 5.82 Å². The summed E-state index contributed by atoms with van der Waals surface area (Å²) in [4.78, 5) is 15.4. The first-order valence-electron chi connectivity index (χ1n) is 8.20. The van der Waals surface area contributed by atoms with Gasteiger partial charge in [-0.15, -0.1) is 11.8 Å². The number of hydrogen-bond donors (Lipinski definition) is 1. The Kier molecular flexibility index (Phi) is 5.94. The van der Waals surface area contributed by atoms with Crippen molar-refractivity contribution < 1.29 is 13.9 Å². The van der Waals surface area contributed by atoms with Gasteiger partial charge in [0.15, 0.2) is 0 Å². The number of nitrogens with zero attached hydrogens (tertiary/aromatic N) is 1. The molecule has 0 aliphatic carbocycles. The molecule has 1 aliphatic rings. The Bertz CT molecular complexity index is 706. The number of morpholine rings is 1. The predicted octanol–water partition coefficient (Wildman–Crippen LogP) is 4.02. The molecular formula is C19H21FN2O2S. The van der Waals surface area contributed by atoms with Crippen molar-refractivity contribution in [2.24, 2.45) is 0 Å². The first kappa shape index (κ1) is 17.8. The third-order valence-corrected chi connectivity index (χ3v) is 4.89. The van der Waals surface area contributed by atoms with Crippen LogP contribution in [0.3, 0.4) is 0 Å². The summed E-state index contributed by atoms with van der Waals surface area (Å²) < 4.78 is 18.7. The third kappa shape index (κ3) is 4.96. The molecule has 1 atom stereocenters. The fourth-order valence-corrected chi connectivity index (χ4v) is 3.20. The fourth-order valence-electron chi connectivity index (χ4n) is 2.79. The number of amides is 2. The molecule has 25 heavy (non-hydrogen) atoms. The van der Waals surface area contributed by atoms with Gasteiger partial charge >= 0.3 is 6.03 Å². The highest BCUT2D eigenvalue weighted by Crippen LogP contribution is 2.18. The molecule has 1 N–H and O–H groups in total. The number of hydrogen-bond acceptors (Lipinski definition) is 3.